The summed E-state index contributed by atoms with van der Waals surface area (Å²) in [4.78, 5) is -0.559. The van der Waals surface area contributed by atoms with E-state index < -0.39 is 49.1 Å². The Morgan fingerprint density at radius 2 is 1.27 bits per heavy atom. The highest BCUT2D eigenvalue weighted by Crippen LogP contribution is 2.66. The van der Waals surface area contributed by atoms with E-state index in [1.807, 2.05) is 0 Å². The van der Waals surface area contributed by atoms with Crippen LogP contribution in [0.25, 0.3) is 0 Å². The smallest absolute Gasteiger partial charge is 0.306 e. The van der Waals surface area contributed by atoms with Crippen LogP contribution in [-0.2, 0) is 33.3 Å². The Kier molecular flexibility index (Phi) is 7.98. The van der Waals surface area contributed by atoms with E-state index in [9.17, 15) is 21.4 Å². The summed E-state index contributed by atoms with van der Waals surface area (Å²) in [7, 11) is -13.9. The summed E-state index contributed by atoms with van der Waals surface area (Å²) in [5, 5.41) is 0. The third-order valence-electron chi connectivity index (χ3n) is 4.25. The van der Waals surface area contributed by atoms with Crippen LogP contribution in [0.1, 0.15) is 20.3 Å². The SMILES string of the molecule is CCOP(=O)(OCC)C(F)(CCS(=O)(=O)c1ccccc1)S(=O)(=O)c1ccccc1. The molecule has 0 bridgehead atoms. The van der Waals surface area contributed by atoms with E-state index in [1.54, 1.807) is 6.07 Å². The van der Waals surface area contributed by atoms with E-state index in [-0.39, 0.29) is 18.1 Å². The topological polar surface area (TPSA) is 104 Å². The molecular formula is C19H24FO7PS2. The fourth-order valence-electron chi connectivity index (χ4n) is 2.77. The van der Waals surface area contributed by atoms with E-state index in [0.29, 0.717) is 0 Å². The Labute approximate surface area is 176 Å². The van der Waals surface area contributed by atoms with Gasteiger partial charge in [-0.2, -0.15) is 0 Å². The Morgan fingerprint density at radius 1 is 0.833 bits per heavy atom. The lowest BCUT2D eigenvalue weighted by atomic mass is 10.4. The quantitative estimate of drug-likeness (QED) is 0.446. The molecule has 0 saturated heterocycles. The first-order chi connectivity index (χ1) is 14.0. The summed E-state index contributed by atoms with van der Waals surface area (Å²) in [6.45, 7) is 2.22. The monoisotopic (exact) mass is 478 g/mol. The van der Waals surface area contributed by atoms with Crippen molar-refractivity contribution in [2.24, 2.45) is 0 Å². The lowest BCUT2D eigenvalue weighted by molar-refractivity contribution is 0.174. The molecule has 1 atom stereocenters. The molecule has 0 heterocycles. The van der Waals surface area contributed by atoms with Crippen LogP contribution in [-0.4, -0.2) is 40.5 Å². The summed E-state index contributed by atoms with van der Waals surface area (Å²) in [6, 6.07) is 13.8. The van der Waals surface area contributed by atoms with Crippen molar-refractivity contribution in [2.75, 3.05) is 19.0 Å². The Bertz CT molecular complexity index is 1080. The lowest BCUT2D eigenvalue weighted by Crippen LogP contribution is -2.37. The molecule has 2 rings (SSSR count). The van der Waals surface area contributed by atoms with Gasteiger partial charge in [-0.3, -0.25) is 4.57 Å². The molecule has 0 amide bonds. The van der Waals surface area contributed by atoms with Gasteiger partial charge in [0.15, 0.2) is 9.84 Å². The molecular weight excluding hydrogens is 454 g/mol. The molecule has 30 heavy (non-hydrogen) atoms. The summed E-state index contributed by atoms with van der Waals surface area (Å²) in [5.74, 6) is -0.913. The van der Waals surface area contributed by atoms with Crippen molar-refractivity contribution in [3.8, 4) is 0 Å². The Morgan fingerprint density at radius 3 is 1.70 bits per heavy atom. The highest BCUT2D eigenvalue weighted by atomic mass is 32.2. The van der Waals surface area contributed by atoms with E-state index in [2.05, 4.69) is 0 Å². The van der Waals surface area contributed by atoms with Gasteiger partial charge in [0.05, 0.1) is 28.8 Å². The van der Waals surface area contributed by atoms with Gasteiger partial charge in [0.2, 0.25) is 9.84 Å². The van der Waals surface area contributed by atoms with E-state index in [4.69, 9.17) is 9.05 Å². The molecule has 0 fully saturated rings. The standard InChI is InChI=1S/C19H24FO7PS2/c1-3-26-28(21,27-4-2)19(20,30(24,25)18-13-9-6-10-14-18)15-16-29(22,23)17-11-7-5-8-12-17/h5-14H,3-4,15-16H2,1-2H3. The zero-order valence-electron chi connectivity index (χ0n) is 16.6. The maximum Gasteiger partial charge on any atom is 0.383 e. The number of sulfone groups is 2. The predicted molar refractivity (Wildman–Crippen MR) is 111 cm³/mol. The number of hydrogen-bond donors (Lipinski definition) is 0. The third kappa shape index (κ3) is 4.84. The first kappa shape index (κ1) is 24.7. The largest absolute Gasteiger partial charge is 0.383 e. The molecule has 11 heteroatoms. The second-order valence-electron chi connectivity index (χ2n) is 6.22. The van der Waals surface area contributed by atoms with Crippen LogP contribution in [0.15, 0.2) is 70.5 Å². The maximum absolute atomic E-state index is 16.4. The minimum Gasteiger partial charge on any atom is -0.306 e. The summed E-state index contributed by atoms with van der Waals surface area (Å²) < 4.78 is 87.8. The average molecular weight is 479 g/mol. The fourth-order valence-corrected chi connectivity index (χ4v) is 9.00. The van der Waals surface area contributed by atoms with Gasteiger partial charge in [0.25, 0.3) is 0 Å². The van der Waals surface area contributed by atoms with Gasteiger partial charge in [-0.05, 0) is 38.1 Å². The highest BCUT2D eigenvalue weighted by molar-refractivity contribution is 7.99. The number of rotatable bonds is 11. The number of benzene rings is 2. The molecule has 2 aromatic carbocycles. The molecule has 0 aliphatic carbocycles. The maximum atomic E-state index is 16.4. The predicted octanol–water partition coefficient (Wildman–Crippen LogP) is 4.21. The molecule has 0 radical (unpaired) electrons. The van der Waals surface area contributed by atoms with Crippen molar-refractivity contribution < 1.29 is 34.8 Å². The van der Waals surface area contributed by atoms with Crippen molar-refractivity contribution in [3.05, 3.63) is 60.7 Å². The van der Waals surface area contributed by atoms with E-state index >= 15 is 4.39 Å². The van der Waals surface area contributed by atoms with Gasteiger partial charge < -0.3 is 9.05 Å². The van der Waals surface area contributed by atoms with Gasteiger partial charge >= 0.3 is 12.3 Å². The fraction of sp³-hybridized carbons (Fsp3) is 0.368. The van der Waals surface area contributed by atoms with Crippen molar-refractivity contribution in [3.63, 3.8) is 0 Å². The highest BCUT2D eigenvalue weighted by Gasteiger charge is 2.62. The average Bonchev–Trinajstić information content (AvgIpc) is 2.73. The van der Waals surface area contributed by atoms with Crippen LogP contribution in [0, 0.1) is 0 Å². The molecule has 0 spiro atoms. The van der Waals surface area contributed by atoms with Crippen LogP contribution in [0.2, 0.25) is 0 Å². The summed E-state index contributed by atoms with van der Waals surface area (Å²) in [5.41, 5.74) is 0. The third-order valence-corrected chi connectivity index (χ3v) is 11.5. The number of alkyl halides is 1. The zero-order chi connectivity index (χ0) is 22.5. The minimum atomic E-state index is -4.95. The number of hydrogen-bond acceptors (Lipinski definition) is 7. The van der Waals surface area contributed by atoms with Crippen molar-refractivity contribution >= 4 is 27.3 Å². The van der Waals surface area contributed by atoms with Crippen LogP contribution in [0.5, 0.6) is 0 Å². The number of halogens is 1. The molecule has 2 aromatic rings. The molecule has 166 valence electrons. The van der Waals surface area contributed by atoms with Crippen molar-refractivity contribution in [1.29, 1.82) is 0 Å². The van der Waals surface area contributed by atoms with Crippen LogP contribution in [0.3, 0.4) is 0 Å². The first-order valence-electron chi connectivity index (χ1n) is 9.19. The summed E-state index contributed by atoms with van der Waals surface area (Å²) >= 11 is 0. The molecule has 0 aliphatic rings. The molecule has 0 aliphatic heterocycles. The minimum absolute atomic E-state index is 0.105. The van der Waals surface area contributed by atoms with Crippen LogP contribution >= 0.6 is 7.60 Å². The lowest BCUT2D eigenvalue weighted by Gasteiger charge is -2.31. The molecule has 7 nitrogen and oxygen atoms in total. The Hall–Kier alpha value is -1.58. The first-order valence-corrected chi connectivity index (χ1v) is 13.9. The second-order valence-corrected chi connectivity index (χ2v) is 13.0. The Balaban J connectivity index is 2.58. The van der Waals surface area contributed by atoms with E-state index in [0.717, 1.165) is 12.1 Å². The molecule has 1 unspecified atom stereocenters. The van der Waals surface area contributed by atoms with Crippen LogP contribution < -0.4 is 0 Å². The normalized spacial score (nSPS) is 14.9. The van der Waals surface area contributed by atoms with E-state index in [1.165, 1.54) is 56.3 Å². The molecule has 0 saturated carbocycles. The van der Waals surface area contributed by atoms with Crippen LogP contribution in [0.4, 0.5) is 4.39 Å². The van der Waals surface area contributed by atoms with Gasteiger partial charge in [-0.25, -0.2) is 21.2 Å². The van der Waals surface area contributed by atoms with Gasteiger partial charge in [0.1, 0.15) is 0 Å². The molecule has 0 N–H and O–H groups in total. The van der Waals surface area contributed by atoms with Gasteiger partial charge in [-0.15, -0.1) is 0 Å². The van der Waals surface area contributed by atoms with Gasteiger partial charge in [0, 0.05) is 6.42 Å². The van der Waals surface area contributed by atoms with Crippen molar-refractivity contribution in [2.45, 2.75) is 34.8 Å². The summed E-state index contributed by atoms with van der Waals surface area (Å²) in [6.07, 6.45) is -1.13. The zero-order valence-corrected chi connectivity index (χ0v) is 19.1. The van der Waals surface area contributed by atoms with Crippen molar-refractivity contribution in [1.82, 2.24) is 0 Å². The second kappa shape index (κ2) is 9.70. The molecule has 0 aromatic heterocycles. The van der Waals surface area contributed by atoms with Gasteiger partial charge in [-0.1, -0.05) is 36.4 Å².